The Kier molecular flexibility index (Phi) is 5.18. The number of hydrogen-bond donors (Lipinski definition) is 0. The smallest absolute Gasteiger partial charge is 0.212 e. The zero-order chi connectivity index (χ0) is 16.8. The van der Waals surface area contributed by atoms with E-state index in [4.69, 9.17) is 12.2 Å². The van der Waals surface area contributed by atoms with Crippen LogP contribution in [-0.4, -0.2) is 75.8 Å². The Bertz CT molecular complexity index is 769. The van der Waals surface area contributed by atoms with Crippen LogP contribution in [0, 0.1) is 0 Å². The standard InChI is InChI=1S/C10H17NO6S5/c1-11(8-2-4-20(12,13)6-8)10(18)19-22(16,17)9-3-5-21(14,15)7-9/h8-9H,2-7H2,1H3/t8-,9-/m0/s1. The summed E-state index contributed by atoms with van der Waals surface area (Å²) in [6.45, 7) is 0. The van der Waals surface area contributed by atoms with Gasteiger partial charge in [0, 0.05) is 23.9 Å². The molecule has 22 heavy (non-hydrogen) atoms. The first-order chi connectivity index (χ1) is 9.92. The summed E-state index contributed by atoms with van der Waals surface area (Å²) in [6, 6.07) is -0.326. The Balaban J connectivity index is 2.02. The molecule has 128 valence electrons. The number of hydrogen-bond acceptors (Lipinski definition) is 8. The molecule has 2 rings (SSSR count). The predicted molar refractivity (Wildman–Crippen MR) is 91.0 cm³/mol. The molecule has 2 fully saturated rings. The summed E-state index contributed by atoms with van der Waals surface area (Å²) >= 11 is 5.09. The third kappa shape index (κ3) is 4.34. The van der Waals surface area contributed by atoms with Gasteiger partial charge in [0.05, 0.1) is 28.3 Å². The van der Waals surface area contributed by atoms with E-state index in [0.717, 1.165) is 0 Å². The lowest BCUT2D eigenvalue weighted by Crippen LogP contribution is -2.36. The van der Waals surface area contributed by atoms with Crippen LogP contribution in [0.5, 0.6) is 0 Å². The maximum absolute atomic E-state index is 12.2. The fraction of sp³-hybridized carbons (Fsp3) is 0.900. The van der Waals surface area contributed by atoms with Crippen LogP contribution >= 0.6 is 23.0 Å². The second-order valence-corrected chi connectivity index (χ2v) is 14.7. The van der Waals surface area contributed by atoms with E-state index in [1.165, 1.54) is 4.90 Å². The molecule has 0 aromatic rings. The predicted octanol–water partition coefficient (Wildman–Crippen LogP) is -0.360. The van der Waals surface area contributed by atoms with E-state index in [-0.39, 0.29) is 39.8 Å². The fourth-order valence-corrected chi connectivity index (χ4v) is 11.4. The van der Waals surface area contributed by atoms with Gasteiger partial charge in [0.1, 0.15) is 0 Å². The van der Waals surface area contributed by atoms with Gasteiger partial charge in [0.15, 0.2) is 24.0 Å². The van der Waals surface area contributed by atoms with Gasteiger partial charge < -0.3 is 4.90 Å². The Morgan fingerprint density at radius 3 is 2.09 bits per heavy atom. The molecule has 0 unspecified atom stereocenters. The van der Waals surface area contributed by atoms with Crippen LogP contribution in [0.25, 0.3) is 0 Å². The number of thiocarbonyl (C=S) groups is 1. The summed E-state index contributed by atoms with van der Waals surface area (Å²) < 4.78 is 70.3. The van der Waals surface area contributed by atoms with E-state index in [1.54, 1.807) is 7.05 Å². The SMILES string of the molecule is CN(C(=S)SS(=O)(=O)[C@H]1CCS(=O)(=O)C1)[C@H]1CCS(=O)(=O)C1. The molecule has 0 amide bonds. The Labute approximate surface area is 140 Å². The second kappa shape index (κ2) is 6.19. The van der Waals surface area contributed by atoms with Crippen LogP contribution in [0.2, 0.25) is 0 Å². The third-order valence-electron chi connectivity index (χ3n) is 3.83. The zero-order valence-corrected chi connectivity index (χ0v) is 15.9. The van der Waals surface area contributed by atoms with Gasteiger partial charge in [-0.25, -0.2) is 25.3 Å². The van der Waals surface area contributed by atoms with Crippen molar-refractivity contribution in [3.63, 3.8) is 0 Å². The second-order valence-electron chi connectivity index (χ2n) is 5.53. The van der Waals surface area contributed by atoms with Crippen molar-refractivity contribution in [2.45, 2.75) is 24.1 Å². The molecule has 7 nitrogen and oxygen atoms in total. The van der Waals surface area contributed by atoms with Crippen molar-refractivity contribution in [1.29, 1.82) is 0 Å². The molecule has 0 N–H and O–H groups in total. The average Bonchev–Trinajstić information content (AvgIpc) is 2.90. The maximum atomic E-state index is 12.2. The molecule has 2 heterocycles. The molecular formula is C10H17NO6S5. The largest absolute Gasteiger partial charge is 0.356 e. The highest BCUT2D eigenvalue weighted by Crippen LogP contribution is 2.30. The van der Waals surface area contributed by atoms with Gasteiger partial charge in [0.2, 0.25) is 8.87 Å². The van der Waals surface area contributed by atoms with Crippen molar-refractivity contribution < 1.29 is 25.3 Å². The topological polar surface area (TPSA) is 106 Å². The van der Waals surface area contributed by atoms with Crippen molar-refractivity contribution in [2.24, 2.45) is 0 Å². The highest BCUT2D eigenvalue weighted by molar-refractivity contribution is 8.79. The lowest BCUT2D eigenvalue weighted by molar-refractivity contribution is 0.409. The molecular weight excluding hydrogens is 390 g/mol. The third-order valence-corrected chi connectivity index (χ3v) is 12.3. The number of rotatable bonds is 3. The quantitative estimate of drug-likeness (QED) is 0.458. The van der Waals surface area contributed by atoms with Crippen molar-refractivity contribution in [3.05, 3.63) is 0 Å². The molecule has 0 aromatic heterocycles. The van der Waals surface area contributed by atoms with E-state index in [0.29, 0.717) is 17.2 Å². The Hall–Kier alpha value is 0.0900. The van der Waals surface area contributed by atoms with Gasteiger partial charge >= 0.3 is 0 Å². The zero-order valence-electron chi connectivity index (χ0n) is 11.8. The summed E-state index contributed by atoms with van der Waals surface area (Å²) in [5.41, 5.74) is 0. The van der Waals surface area contributed by atoms with Gasteiger partial charge in [-0.05, 0) is 12.8 Å². The average molecular weight is 408 g/mol. The molecule has 0 aromatic carbocycles. The van der Waals surface area contributed by atoms with E-state index >= 15 is 0 Å². The van der Waals surface area contributed by atoms with Crippen LogP contribution in [0.15, 0.2) is 0 Å². The van der Waals surface area contributed by atoms with Crippen LogP contribution < -0.4 is 0 Å². The van der Waals surface area contributed by atoms with Crippen LogP contribution in [-0.2, 0) is 28.5 Å². The minimum Gasteiger partial charge on any atom is -0.356 e. The van der Waals surface area contributed by atoms with Gasteiger partial charge in [-0.3, -0.25) is 0 Å². The monoisotopic (exact) mass is 407 g/mol. The highest BCUT2D eigenvalue weighted by Gasteiger charge is 2.39. The molecule has 0 bridgehead atoms. The molecule has 2 aliphatic rings. The summed E-state index contributed by atoms with van der Waals surface area (Å²) in [6.07, 6.45) is 0.499. The number of sulfone groups is 2. The highest BCUT2D eigenvalue weighted by atomic mass is 33.1. The van der Waals surface area contributed by atoms with Gasteiger partial charge in [-0.1, -0.05) is 12.2 Å². The lowest BCUT2D eigenvalue weighted by Gasteiger charge is -2.25. The first kappa shape index (κ1) is 18.4. The van der Waals surface area contributed by atoms with Gasteiger partial charge in [-0.2, -0.15) is 0 Å². The summed E-state index contributed by atoms with van der Waals surface area (Å²) in [5.74, 6) is -0.460. The molecule has 2 aliphatic heterocycles. The maximum Gasteiger partial charge on any atom is 0.212 e. The van der Waals surface area contributed by atoms with Crippen LogP contribution in [0.3, 0.4) is 0 Å². The minimum atomic E-state index is -3.73. The Morgan fingerprint density at radius 2 is 1.64 bits per heavy atom. The molecule has 2 saturated heterocycles. The normalized spacial score (nSPS) is 30.2. The molecule has 0 saturated carbocycles. The minimum absolute atomic E-state index is 0.0396. The number of nitrogens with zero attached hydrogens (tertiary/aromatic N) is 1. The van der Waals surface area contributed by atoms with Crippen LogP contribution in [0.4, 0.5) is 0 Å². The molecule has 12 heteroatoms. The lowest BCUT2D eigenvalue weighted by atomic mass is 10.2. The van der Waals surface area contributed by atoms with E-state index < -0.39 is 33.8 Å². The summed E-state index contributed by atoms with van der Waals surface area (Å²) in [7, 11) is -8.07. The first-order valence-electron chi connectivity index (χ1n) is 6.53. The molecule has 0 radical (unpaired) electrons. The molecule has 2 atom stereocenters. The van der Waals surface area contributed by atoms with E-state index in [1.807, 2.05) is 0 Å². The first-order valence-corrected chi connectivity index (χ1v) is 13.5. The van der Waals surface area contributed by atoms with Crippen LogP contribution in [0.1, 0.15) is 12.8 Å². The van der Waals surface area contributed by atoms with Crippen molar-refractivity contribution >= 4 is 55.9 Å². The fourth-order valence-electron chi connectivity index (χ4n) is 2.44. The summed E-state index contributed by atoms with van der Waals surface area (Å²) in [5, 5.41) is -0.943. The molecule has 0 spiro atoms. The van der Waals surface area contributed by atoms with Crippen molar-refractivity contribution in [2.75, 3.05) is 30.1 Å². The van der Waals surface area contributed by atoms with E-state index in [9.17, 15) is 25.3 Å². The molecule has 0 aliphatic carbocycles. The van der Waals surface area contributed by atoms with Crippen molar-refractivity contribution in [1.82, 2.24) is 4.90 Å². The van der Waals surface area contributed by atoms with Gasteiger partial charge in [-0.15, -0.1) is 0 Å². The van der Waals surface area contributed by atoms with Gasteiger partial charge in [0.25, 0.3) is 0 Å². The van der Waals surface area contributed by atoms with Crippen molar-refractivity contribution in [3.8, 4) is 0 Å². The van der Waals surface area contributed by atoms with E-state index in [2.05, 4.69) is 0 Å². The Morgan fingerprint density at radius 1 is 1.09 bits per heavy atom. The summed E-state index contributed by atoms with van der Waals surface area (Å²) in [4.78, 5) is 1.49.